The van der Waals surface area contributed by atoms with Crippen LogP contribution in [0.1, 0.15) is 30.7 Å². The zero-order valence-electron chi connectivity index (χ0n) is 11.0. The van der Waals surface area contributed by atoms with Crippen molar-refractivity contribution in [3.05, 3.63) is 29.6 Å². The molecule has 0 spiro atoms. The van der Waals surface area contributed by atoms with Crippen LogP contribution in [0.5, 0.6) is 0 Å². The van der Waals surface area contributed by atoms with Gasteiger partial charge in [-0.15, -0.1) is 11.6 Å². The van der Waals surface area contributed by atoms with Gasteiger partial charge in [0.05, 0.1) is 16.9 Å². The monoisotopic (exact) mass is 279 g/mol. The van der Waals surface area contributed by atoms with Crippen LogP contribution in [0.3, 0.4) is 0 Å². The van der Waals surface area contributed by atoms with E-state index in [2.05, 4.69) is 15.6 Å². The van der Waals surface area contributed by atoms with Gasteiger partial charge < -0.3 is 10.3 Å². The van der Waals surface area contributed by atoms with Crippen LogP contribution in [0.2, 0.25) is 0 Å². The molecule has 0 unspecified atom stereocenters. The smallest absolute Gasteiger partial charge is 0.217 e. The number of halogens is 1. The number of nitrogens with two attached hydrogens (primary N) is 1. The number of unbranched alkanes of at least 4 members (excludes halogenated alkanes) is 1. The normalized spacial score (nSPS) is 11.1. The van der Waals surface area contributed by atoms with Crippen molar-refractivity contribution in [1.29, 1.82) is 0 Å². The molecule has 4 nitrogen and oxygen atoms in total. The highest BCUT2D eigenvalue weighted by Gasteiger charge is 2.10. The molecule has 2 rings (SSSR count). The minimum Gasteiger partial charge on any atom is -0.370 e. The largest absolute Gasteiger partial charge is 0.370 e. The van der Waals surface area contributed by atoms with Crippen LogP contribution in [0, 0.1) is 6.92 Å². The average Bonchev–Trinajstić information content (AvgIpc) is 2.74. The van der Waals surface area contributed by atoms with Gasteiger partial charge in [-0.05, 0) is 31.4 Å². The van der Waals surface area contributed by atoms with E-state index in [1.54, 1.807) is 0 Å². The van der Waals surface area contributed by atoms with Crippen molar-refractivity contribution >= 4 is 28.5 Å². The molecule has 0 saturated carbocycles. The third-order valence-electron chi connectivity index (χ3n) is 3.23. The van der Waals surface area contributed by atoms with Crippen LogP contribution in [0.25, 0.3) is 11.0 Å². The van der Waals surface area contributed by atoms with Crippen LogP contribution < -0.4 is 5.73 Å². The molecular formula is C14H18ClN3O. The number of aromatic nitrogens is 2. The first-order chi connectivity index (χ1) is 9.13. The number of amides is 1. The molecule has 0 fully saturated rings. The van der Waals surface area contributed by atoms with Gasteiger partial charge in [0.2, 0.25) is 5.91 Å². The van der Waals surface area contributed by atoms with Crippen molar-refractivity contribution in [1.82, 2.24) is 9.55 Å². The van der Waals surface area contributed by atoms with Crippen LogP contribution in [-0.2, 0) is 17.2 Å². The SMILES string of the molecule is Cc1cccc2c1nc(CCl)n2CCCCC(N)=O. The van der Waals surface area contributed by atoms with E-state index in [9.17, 15) is 4.79 Å². The van der Waals surface area contributed by atoms with Crippen molar-refractivity contribution in [3.63, 3.8) is 0 Å². The highest BCUT2D eigenvalue weighted by molar-refractivity contribution is 6.16. The van der Waals surface area contributed by atoms with E-state index in [4.69, 9.17) is 17.3 Å². The van der Waals surface area contributed by atoms with Crippen LogP contribution in [0.4, 0.5) is 0 Å². The van der Waals surface area contributed by atoms with Crippen molar-refractivity contribution in [2.45, 2.75) is 38.6 Å². The molecular weight excluding hydrogens is 262 g/mol. The van der Waals surface area contributed by atoms with E-state index < -0.39 is 0 Å². The molecule has 0 saturated heterocycles. The standard InChI is InChI=1S/C14H18ClN3O/c1-10-5-4-6-11-14(10)17-13(9-15)18(11)8-3-2-7-12(16)19/h4-6H,2-3,7-9H2,1H3,(H2,16,19). The number of para-hydroxylation sites is 1. The number of carbonyl (C=O) groups excluding carboxylic acids is 1. The Bertz CT molecular complexity index is 592. The highest BCUT2D eigenvalue weighted by Crippen LogP contribution is 2.21. The number of carbonyl (C=O) groups is 1. The van der Waals surface area contributed by atoms with E-state index >= 15 is 0 Å². The van der Waals surface area contributed by atoms with Gasteiger partial charge in [-0.2, -0.15) is 0 Å². The molecule has 0 aliphatic heterocycles. The van der Waals surface area contributed by atoms with Gasteiger partial charge in [-0.1, -0.05) is 12.1 Å². The lowest BCUT2D eigenvalue weighted by molar-refractivity contribution is -0.118. The zero-order chi connectivity index (χ0) is 13.8. The van der Waals surface area contributed by atoms with Crippen molar-refractivity contribution < 1.29 is 4.79 Å². The Morgan fingerprint density at radius 2 is 2.21 bits per heavy atom. The molecule has 2 N–H and O–H groups in total. The topological polar surface area (TPSA) is 60.9 Å². The molecule has 1 heterocycles. The second kappa shape index (κ2) is 6.06. The molecule has 5 heteroatoms. The first-order valence-corrected chi connectivity index (χ1v) is 6.96. The summed E-state index contributed by atoms with van der Waals surface area (Å²) in [6, 6.07) is 6.13. The van der Waals surface area contributed by atoms with Crippen molar-refractivity contribution in [2.24, 2.45) is 5.73 Å². The molecule has 0 radical (unpaired) electrons. The number of fused-ring (bicyclic) bond motifs is 1. The van der Waals surface area contributed by atoms with Gasteiger partial charge >= 0.3 is 0 Å². The van der Waals surface area contributed by atoms with E-state index in [-0.39, 0.29) is 5.91 Å². The molecule has 1 amide bonds. The first-order valence-electron chi connectivity index (χ1n) is 6.42. The molecule has 1 aromatic carbocycles. The van der Waals surface area contributed by atoms with Crippen LogP contribution in [0.15, 0.2) is 18.2 Å². The molecule has 1 aromatic heterocycles. The Morgan fingerprint density at radius 3 is 2.89 bits per heavy atom. The Morgan fingerprint density at radius 1 is 1.42 bits per heavy atom. The number of primary amides is 1. The first kappa shape index (κ1) is 13.9. The maximum absolute atomic E-state index is 10.7. The van der Waals surface area contributed by atoms with E-state index in [1.807, 2.05) is 19.1 Å². The summed E-state index contributed by atoms with van der Waals surface area (Å²) in [5.74, 6) is 1.03. The fraction of sp³-hybridized carbons (Fsp3) is 0.429. The predicted octanol–water partition coefficient (Wildman–Crippen LogP) is 2.74. The van der Waals surface area contributed by atoms with Gasteiger partial charge in [-0.25, -0.2) is 4.98 Å². The van der Waals surface area contributed by atoms with Crippen LogP contribution >= 0.6 is 11.6 Å². The zero-order valence-corrected chi connectivity index (χ0v) is 11.8. The summed E-state index contributed by atoms with van der Waals surface area (Å²) in [6.45, 7) is 2.86. The number of imidazole rings is 1. The Kier molecular flexibility index (Phi) is 4.43. The molecule has 0 bridgehead atoms. The maximum Gasteiger partial charge on any atom is 0.217 e. The maximum atomic E-state index is 10.7. The molecule has 0 aliphatic rings. The highest BCUT2D eigenvalue weighted by atomic mass is 35.5. The fourth-order valence-electron chi connectivity index (χ4n) is 2.26. The third-order valence-corrected chi connectivity index (χ3v) is 3.47. The summed E-state index contributed by atoms with van der Waals surface area (Å²) in [5, 5.41) is 0. The van der Waals surface area contributed by atoms with Gasteiger partial charge in [0.15, 0.2) is 0 Å². The molecule has 0 aliphatic carbocycles. The Hall–Kier alpha value is -1.55. The lowest BCUT2D eigenvalue weighted by atomic mass is 10.2. The van der Waals surface area contributed by atoms with Crippen molar-refractivity contribution in [3.8, 4) is 0 Å². The summed E-state index contributed by atoms with van der Waals surface area (Å²) in [5.41, 5.74) is 8.41. The van der Waals surface area contributed by atoms with Gasteiger partial charge in [0.25, 0.3) is 0 Å². The molecule has 0 atom stereocenters. The minimum atomic E-state index is -0.246. The Balaban J connectivity index is 2.21. The second-order valence-corrected chi connectivity index (χ2v) is 4.95. The summed E-state index contributed by atoms with van der Waals surface area (Å²) in [4.78, 5) is 15.3. The number of alkyl halides is 1. The van der Waals surface area contributed by atoms with E-state index in [1.165, 1.54) is 0 Å². The fourth-order valence-corrected chi connectivity index (χ4v) is 2.46. The average molecular weight is 280 g/mol. The quantitative estimate of drug-likeness (QED) is 0.653. The molecule has 19 heavy (non-hydrogen) atoms. The number of benzene rings is 1. The summed E-state index contributed by atoms with van der Waals surface area (Å²) >= 11 is 5.96. The number of hydrogen-bond donors (Lipinski definition) is 1. The van der Waals surface area contributed by atoms with Gasteiger partial charge in [0.1, 0.15) is 5.82 Å². The van der Waals surface area contributed by atoms with E-state index in [0.29, 0.717) is 12.3 Å². The van der Waals surface area contributed by atoms with Crippen LogP contribution in [-0.4, -0.2) is 15.5 Å². The predicted molar refractivity (Wildman–Crippen MR) is 77.1 cm³/mol. The lowest BCUT2D eigenvalue weighted by Gasteiger charge is -2.07. The number of aryl methyl sites for hydroxylation is 2. The third kappa shape index (κ3) is 3.07. The summed E-state index contributed by atoms with van der Waals surface area (Å²) in [6.07, 6.45) is 2.12. The number of rotatable bonds is 6. The Labute approximate surface area is 117 Å². The van der Waals surface area contributed by atoms with Crippen molar-refractivity contribution in [2.75, 3.05) is 0 Å². The van der Waals surface area contributed by atoms with Gasteiger partial charge in [0, 0.05) is 13.0 Å². The number of nitrogens with zero attached hydrogens (tertiary/aromatic N) is 2. The number of hydrogen-bond acceptors (Lipinski definition) is 2. The molecule has 102 valence electrons. The summed E-state index contributed by atoms with van der Waals surface area (Å²) in [7, 11) is 0. The second-order valence-electron chi connectivity index (χ2n) is 4.68. The summed E-state index contributed by atoms with van der Waals surface area (Å²) < 4.78 is 2.14. The minimum absolute atomic E-state index is 0.246. The molecule has 2 aromatic rings. The van der Waals surface area contributed by atoms with E-state index in [0.717, 1.165) is 41.8 Å². The lowest BCUT2D eigenvalue weighted by Crippen LogP contribution is -2.10. The van der Waals surface area contributed by atoms with Gasteiger partial charge in [-0.3, -0.25) is 4.79 Å².